The second-order valence-corrected chi connectivity index (χ2v) is 5.38. The topological polar surface area (TPSA) is 9.23 Å². The van der Waals surface area contributed by atoms with Crippen molar-refractivity contribution in [3.63, 3.8) is 0 Å². The van der Waals surface area contributed by atoms with Crippen molar-refractivity contribution >= 4 is 21.0 Å². The van der Waals surface area contributed by atoms with Crippen LogP contribution in [0.2, 0.25) is 0 Å². The molecule has 0 aliphatic heterocycles. The Morgan fingerprint density at radius 1 is 1.00 bits per heavy atom. The average molecular weight is 164 g/mol. The summed E-state index contributed by atoms with van der Waals surface area (Å²) in [6.07, 6.45) is 5.54. The molecule has 0 atom stereocenters. The van der Waals surface area contributed by atoms with Gasteiger partial charge in [0.05, 0.1) is 0 Å². The molecule has 0 aromatic rings. The predicted octanol–water partition coefficient (Wildman–Crippen LogP) is 0.150. The van der Waals surface area contributed by atoms with Crippen molar-refractivity contribution in [1.82, 2.24) is 0 Å². The third-order valence-electron chi connectivity index (χ3n) is 0.957. The number of unbranched alkanes of at least 4 members (excludes halogenated alkanes) is 3. The first-order valence-corrected chi connectivity index (χ1v) is 5.36. The van der Waals surface area contributed by atoms with Gasteiger partial charge in [-0.3, -0.25) is 0 Å². The van der Waals surface area contributed by atoms with Crippen molar-refractivity contribution in [3.05, 3.63) is 0 Å². The number of rotatable bonds is 3. The van der Waals surface area contributed by atoms with Gasteiger partial charge in [0, 0.05) is 0 Å². The van der Waals surface area contributed by atoms with Crippen LogP contribution < -0.4 is 0 Å². The lowest BCUT2D eigenvalue weighted by Crippen LogP contribution is -1.66. The van der Waals surface area contributed by atoms with Gasteiger partial charge in [0.2, 0.25) is 0 Å². The van der Waals surface area contributed by atoms with Crippen LogP contribution in [0.5, 0.6) is 0 Å². The van der Waals surface area contributed by atoms with Crippen molar-refractivity contribution < 1.29 is 4.12 Å². The Morgan fingerprint density at radius 3 is 1.33 bits per heavy atom. The Hall–Kier alpha value is 0.394. The van der Waals surface area contributed by atoms with E-state index < -0.39 is 0 Å². The van der Waals surface area contributed by atoms with E-state index in [9.17, 15) is 0 Å². The summed E-state index contributed by atoms with van der Waals surface area (Å²) in [4.78, 5) is 0. The van der Waals surface area contributed by atoms with Crippen molar-refractivity contribution in [2.24, 2.45) is 0 Å². The van der Waals surface area contributed by atoms with Crippen LogP contribution in [-0.2, 0) is 4.12 Å². The zero-order chi connectivity index (χ0) is 7.54. The summed E-state index contributed by atoms with van der Waals surface area (Å²) in [7, 11) is 1.86. The number of hydrogen-bond acceptors (Lipinski definition) is 1. The maximum absolute atomic E-state index is 4.53. The highest BCUT2D eigenvalue weighted by Gasteiger charge is 1.75. The van der Waals surface area contributed by atoms with E-state index in [4.69, 9.17) is 0 Å². The largest absolute Gasteiger partial charge is 0.471 e. The van der Waals surface area contributed by atoms with Crippen LogP contribution in [0.1, 0.15) is 39.5 Å². The molecule has 0 fully saturated rings. The summed E-state index contributed by atoms with van der Waals surface area (Å²) in [5.74, 6) is 0. The second kappa shape index (κ2) is 15.8. The van der Waals surface area contributed by atoms with Gasteiger partial charge in [0.25, 0.3) is 0 Å². The Balaban J connectivity index is 0. The van der Waals surface area contributed by atoms with Crippen LogP contribution in [-0.4, -0.2) is 21.0 Å². The highest BCUT2D eigenvalue weighted by molar-refractivity contribution is 6.15. The predicted molar refractivity (Wildman–Crippen MR) is 50.8 cm³/mol. The van der Waals surface area contributed by atoms with Crippen LogP contribution in [0.4, 0.5) is 0 Å². The zero-order valence-corrected chi connectivity index (χ0v) is 11.2. The molecule has 0 rings (SSSR count). The van der Waals surface area contributed by atoms with E-state index in [1.165, 1.54) is 25.7 Å². The van der Waals surface area contributed by atoms with Crippen LogP contribution in [0, 0.1) is 0 Å². The Morgan fingerprint density at radius 2 is 1.22 bits per heavy atom. The van der Waals surface area contributed by atoms with E-state index >= 15 is 0 Å². The fraction of sp³-hybridized carbons (Fsp3) is 1.00. The molecule has 58 valence electrons. The molecule has 1 nitrogen and oxygen atoms in total. The normalized spacial score (nSPS) is 8.67. The molecule has 3 heteroatoms. The summed E-state index contributed by atoms with van der Waals surface area (Å²) >= 11 is 0. The lowest BCUT2D eigenvalue weighted by molar-refractivity contribution is 0.690. The Kier molecular flexibility index (Phi) is 21.2. The quantitative estimate of drug-likeness (QED) is 0.426. The molecule has 0 radical (unpaired) electrons. The van der Waals surface area contributed by atoms with Crippen LogP contribution in [0.25, 0.3) is 0 Å². The molecule has 0 aliphatic rings. The summed E-state index contributed by atoms with van der Waals surface area (Å²) in [5, 5.41) is 0. The van der Waals surface area contributed by atoms with Crippen LogP contribution in [0.3, 0.4) is 0 Å². The minimum atomic E-state index is 0.931. The molecule has 0 aliphatic carbocycles. The summed E-state index contributed by atoms with van der Waals surface area (Å²) in [6.45, 7) is 4.46. The van der Waals surface area contributed by atoms with E-state index in [1.807, 2.05) is 0 Å². The van der Waals surface area contributed by atoms with Gasteiger partial charge in [0.15, 0.2) is 0 Å². The molecule has 0 bridgehead atoms. The van der Waals surface area contributed by atoms with Gasteiger partial charge < -0.3 is 4.12 Å². The molecule has 0 saturated carbocycles. The lowest BCUT2D eigenvalue weighted by atomic mass is 10.2. The highest BCUT2D eigenvalue weighted by atomic mass is 28.3. The van der Waals surface area contributed by atoms with Gasteiger partial charge in [0.1, 0.15) is 21.0 Å². The molecule has 0 spiro atoms. The Labute approximate surface area is 65.3 Å². The maximum Gasteiger partial charge on any atom is 0.129 e. The van der Waals surface area contributed by atoms with Crippen molar-refractivity contribution in [1.29, 1.82) is 0 Å². The Bertz CT molecular complexity index is 30.2. The van der Waals surface area contributed by atoms with Crippen molar-refractivity contribution in [2.45, 2.75) is 39.5 Å². The fourth-order valence-electron chi connectivity index (χ4n) is 0.500. The molecular formula is C6H20OSi2. The summed E-state index contributed by atoms with van der Waals surface area (Å²) < 4.78 is 4.53. The molecule has 0 amide bonds. The monoisotopic (exact) mass is 164 g/mol. The van der Waals surface area contributed by atoms with Gasteiger partial charge in [-0.15, -0.1) is 0 Å². The molecule has 9 heavy (non-hydrogen) atoms. The molecule has 0 aromatic carbocycles. The molecule has 0 saturated heterocycles. The van der Waals surface area contributed by atoms with Gasteiger partial charge in [-0.1, -0.05) is 39.5 Å². The van der Waals surface area contributed by atoms with Gasteiger partial charge in [-0.25, -0.2) is 0 Å². The van der Waals surface area contributed by atoms with Gasteiger partial charge >= 0.3 is 0 Å². The van der Waals surface area contributed by atoms with Gasteiger partial charge in [-0.05, 0) is 0 Å². The molecule has 0 heterocycles. The number of hydrogen-bond donors (Lipinski definition) is 0. The SMILES string of the molecule is CCCCCC.[SiH3]O[SiH3]. The van der Waals surface area contributed by atoms with Crippen LogP contribution in [0.15, 0.2) is 0 Å². The summed E-state index contributed by atoms with van der Waals surface area (Å²) in [5.41, 5.74) is 0. The third kappa shape index (κ3) is 29.8. The van der Waals surface area contributed by atoms with E-state index in [0.717, 1.165) is 21.0 Å². The van der Waals surface area contributed by atoms with Crippen molar-refractivity contribution in [3.8, 4) is 0 Å². The van der Waals surface area contributed by atoms with E-state index in [2.05, 4.69) is 18.0 Å². The first-order chi connectivity index (χ1) is 4.33. The summed E-state index contributed by atoms with van der Waals surface area (Å²) in [6, 6.07) is 0. The minimum absolute atomic E-state index is 0.931. The maximum atomic E-state index is 4.53. The molecular weight excluding hydrogens is 144 g/mol. The van der Waals surface area contributed by atoms with E-state index in [-0.39, 0.29) is 0 Å². The lowest BCUT2D eigenvalue weighted by Gasteiger charge is -1.86. The van der Waals surface area contributed by atoms with Crippen molar-refractivity contribution in [2.75, 3.05) is 0 Å². The van der Waals surface area contributed by atoms with Crippen LogP contribution >= 0.6 is 0 Å². The third-order valence-corrected chi connectivity index (χ3v) is 0.957. The van der Waals surface area contributed by atoms with E-state index in [0.29, 0.717) is 0 Å². The fourth-order valence-corrected chi connectivity index (χ4v) is 0.500. The first kappa shape index (κ1) is 12.1. The second-order valence-electron chi connectivity index (χ2n) is 2.12. The van der Waals surface area contributed by atoms with E-state index in [1.54, 1.807) is 0 Å². The zero-order valence-electron chi connectivity index (χ0n) is 7.24. The smallest absolute Gasteiger partial charge is 0.129 e. The first-order valence-electron chi connectivity index (χ1n) is 3.73. The minimum Gasteiger partial charge on any atom is -0.471 e. The highest BCUT2D eigenvalue weighted by Crippen LogP contribution is 1.95. The van der Waals surface area contributed by atoms with Gasteiger partial charge in [-0.2, -0.15) is 0 Å². The molecule has 0 aromatic heterocycles. The molecule has 0 N–H and O–H groups in total. The molecule has 0 unspecified atom stereocenters. The average Bonchev–Trinajstić information content (AvgIpc) is 1.86. The standard InChI is InChI=1S/C6H14.H6OSi2/c1-3-5-6-4-2;2-1-3/h3-6H2,1-2H3;2-3H3.